The van der Waals surface area contributed by atoms with Gasteiger partial charge in [0.2, 0.25) is 0 Å². The maximum Gasteiger partial charge on any atom is 0.471 e. The molecule has 0 aromatic heterocycles. The van der Waals surface area contributed by atoms with Crippen molar-refractivity contribution in [3.8, 4) is 5.75 Å². The molecule has 1 heterocycles. The smallest absolute Gasteiger partial charge is 0.471 e. The number of nitrogens with zero attached hydrogens (tertiary/aromatic N) is 1. The van der Waals surface area contributed by atoms with Gasteiger partial charge in [-0.15, -0.1) is 0 Å². The molecule has 6 heteroatoms. The highest BCUT2D eigenvalue weighted by atomic mass is 19.4. The molecule has 1 aromatic carbocycles. The number of benzene rings is 1. The van der Waals surface area contributed by atoms with E-state index in [0.717, 1.165) is 10.5 Å². The summed E-state index contributed by atoms with van der Waals surface area (Å²) >= 11 is 0. The topological polar surface area (TPSA) is 29.5 Å². The van der Waals surface area contributed by atoms with E-state index in [2.05, 4.69) is 0 Å². The van der Waals surface area contributed by atoms with Gasteiger partial charge in [0.1, 0.15) is 5.75 Å². The molecule has 0 bridgehead atoms. The zero-order valence-electron chi connectivity index (χ0n) is 11.1. The first-order valence-electron chi connectivity index (χ1n) is 6.42. The molecule has 1 atom stereocenters. The number of carbonyl (C=O) groups is 1. The molecule has 0 unspecified atom stereocenters. The normalized spacial score (nSPS) is 19.2. The van der Waals surface area contributed by atoms with E-state index in [-0.39, 0.29) is 12.6 Å². The maximum atomic E-state index is 12.5. The van der Waals surface area contributed by atoms with Gasteiger partial charge in [0.05, 0.1) is 7.11 Å². The average molecular weight is 287 g/mol. The first kappa shape index (κ1) is 14.7. The second-order valence-electron chi connectivity index (χ2n) is 4.84. The molecule has 1 aliphatic heterocycles. The summed E-state index contributed by atoms with van der Waals surface area (Å²) in [5.74, 6) is -1.03. The fourth-order valence-electron chi connectivity index (χ4n) is 2.51. The van der Waals surface area contributed by atoms with Crippen molar-refractivity contribution < 1.29 is 22.7 Å². The van der Waals surface area contributed by atoms with Crippen LogP contribution in [0.3, 0.4) is 0 Å². The lowest BCUT2D eigenvalue weighted by molar-refractivity contribution is -0.186. The quantitative estimate of drug-likeness (QED) is 0.855. The molecule has 3 nitrogen and oxygen atoms in total. The number of hydrogen-bond acceptors (Lipinski definition) is 2. The molecule has 0 saturated carbocycles. The van der Waals surface area contributed by atoms with E-state index in [9.17, 15) is 18.0 Å². The number of amides is 1. The van der Waals surface area contributed by atoms with E-state index in [1.54, 1.807) is 19.2 Å². The van der Waals surface area contributed by atoms with Gasteiger partial charge in [-0.05, 0) is 37.0 Å². The van der Waals surface area contributed by atoms with E-state index in [1.165, 1.54) is 0 Å². The van der Waals surface area contributed by atoms with Gasteiger partial charge in [0.25, 0.3) is 0 Å². The van der Waals surface area contributed by atoms with Crippen LogP contribution in [0.25, 0.3) is 0 Å². The van der Waals surface area contributed by atoms with E-state index in [4.69, 9.17) is 4.74 Å². The molecule has 0 radical (unpaired) electrons. The lowest BCUT2D eigenvalue weighted by Gasteiger charge is -2.25. The average Bonchev–Trinajstić information content (AvgIpc) is 2.85. The fourth-order valence-corrected chi connectivity index (χ4v) is 2.51. The molecule has 0 spiro atoms. The highest BCUT2D eigenvalue weighted by Crippen LogP contribution is 2.27. The van der Waals surface area contributed by atoms with E-state index in [1.807, 2.05) is 12.1 Å². The molecule has 1 saturated heterocycles. The first-order chi connectivity index (χ1) is 9.41. The largest absolute Gasteiger partial charge is 0.497 e. The monoisotopic (exact) mass is 287 g/mol. The Bertz CT molecular complexity index is 470. The Kier molecular flexibility index (Phi) is 4.20. The Labute approximate surface area is 115 Å². The zero-order valence-corrected chi connectivity index (χ0v) is 11.1. The third-order valence-corrected chi connectivity index (χ3v) is 3.51. The van der Waals surface area contributed by atoms with Gasteiger partial charge in [-0.1, -0.05) is 12.1 Å². The van der Waals surface area contributed by atoms with E-state index < -0.39 is 12.1 Å². The minimum Gasteiger partial charge on any atom is -0.497 e. The Morgan fingerprint density at radius 2 is 2.00 bits per heavy atom. The second kappa shape index (κ2) is 5.73. The molecule has 0 aliphatic carbocycles. The zero-order chi connectivity index (χ0) is 14.8. The third kappa shape index (κ3) is 3.23. The maximum absolute atomic E-state index is 12.5. The predicted octanol–water partition coefficient (Wildman–Crippen LogP) is 2.79. The Morgan fingerprint density at radius 1 is 1.35 bits per heavy atom. The number of rotatable bonds is 3. The van der Waals surface area contributed by atoms with Crippen LogP contribution in [0.2, 0.25) is 0 Å². The number of methoxy groups -OCH3 is 1. The van der Waals surface area contributed by atoms with Crippen molar-refractivity contribution in [2.45, 2.75) is 31.5 Å². The van der Waals surface area contributed by atoms with E-state index >= 15 is 0 Å². The molecule has 1 fully saturated rings. The number of halogens is 3. The Morgan fingerprint density at radius 3 is 2.55 bits per heavy atom. The lowest BCUT2D eigenvalue weighted by Crippen LogP contribution is -2.44. The van der Waals surface area contributed by atoms with Crippen molar-refractivity contribution in [1.82, 2.24) is 4.90 Å². The summed E-state index contributed by atoms with van der Waals surface area (Å²) in [4.78, 5) is 12.3. The van der Waals surface area contributed by atoms with Gasteiger partial charge in [-0.2, -0.15) is 13.2 Å². The summed E-state index contributed by atoms with van der Waals surface area (Å²) in [6, 6.07) is 6.78. The van der Waals surface area contributed by atoms with Gasteiger partial charge < -0.3 is 9.64 Å². The van der Waals surface area contributed by atoms with Crippen molar-refractivity contribution in [3.63, 3.8) is 0 Å². The summed E-state index contributed by atoms with van der Waals surface area (Å²) in [5.41, 5.74) is 0.901. The molecular formula is C14H16F3NO2. The van der Waals surface area contributed by atoms with Crippen molar-refractivity contribution in [2.75, 3.05) is 13.7 Å². The molecule has 20 heavy (non-hydrogen) atoms. The molecule has 1 aliphatic rings. The van der Waals surface area contributed by atoms with Crippen molar-refractivity contribution in [2.24, 2.45) is 0 Å². The van der Waals surface area contributed by atoms with Gasteiger partial charge in [-0.25, -0.2) is 0 Å². The molecule has 0 N–H and O–H groups in total. The summed E-state index contributed by atoms with van der Waals surface area (Å²) < 4.78 is 42.5. The summed E-state index contributed by atoms with van der Waals surface area (Å²) in [6.45, 7) is 0.180. The number of alkyl halides is 3. The highest BCUT2D eigenvalue weighted by Gasteiger charge is 2.45. The van der Waals surface area contributed by atoms with Crippen LogP contribution in [-0.4, -0.2) is 36.7 Å². The van der Waals surface area contributed by atoms with Crippen LogP contribution in [0.4, 0.5) is 13.2 Å². The summed E-state index contributed by atoms with van der Waals surface area (Å²) in [5, 5.41) is 0. The van der Waals surface area contributed by atoms with Crippen molar-refractivity contribution in [3.05, 3.63) is 29.8 Å². The minimum absolute atomic E-state index is 0.180. The van der Waals surface area contributed by atoms with Crippen molar-refractivity contribution in [1.29, 1.82) is 0 Å². The van der Waals surface area contributed by atoms with Gasteiger partial charge in [-0.3, -0.25) is 4.79 Å². The second-order valence-corrected chi connectivity index (χ2v) is 4.84. The highest BCUT2D eigenvalue weighted by molar-refractivity contribution is 5.82. The van der Waals surface area contributed by atoms with Crippen LogP contribution in [0.15, 0.2) is 24.3 Å². The number of hydrogen-bond donors (Lipinski definition) is 0. The van der Waals surface area contributed by atoms with Gasteiger partial charge >= 0.3 is 12.1 Å². The number of likely N-dealkylation sites (tertiary alicyclic amines) is 1. The van der Waals surface area contributed by atoms with Crippen LogP contribution >= 0.6 is 0 Å². The first-order valence-corrected chi connectivity index (χ1v) is 6.42. The Hall–Kier alpha value is -1.72. The number of carbonyl (C=O) groups excluding carboxylic acids is 1. The fraction of sp³-hybridized carbons (Fsp3) is 0.500. The van der Waals surface area contributed by atoms with Gasteiger partial charge in [0, 0.05) is 12.6 Å². The van der Waals surface area contributed by atoms with Crippen LogP contribution in [0, 0.1) is 0 Å². The Balaban J connectivity index is 2.05. The number of ether oxygens (including phenoxy) is 1. The third-order valence-electron chi connectivity index (χ3n) is 3.51. The van der Waals surface area contributed by atoms with Crippen LogP contribution in [0.1, 0.15) is 18.4 Å². The molecule has 1 amide bonds. The molecule has 110 valence electrons. The SMILES string of the molecule is COc1ccc(C[C@@H]2CCCN2C(=O)C(F)(F)F)cc1. The standard InChI is InChI=1S/C14H16F3NO2/c1-20-12-6-4-10(5-7-12)9-11-3-2-8-18(11)13(19)14(15,16)17/h4-7,11H,2-3,8-9H2,1H3/t11-/m0/s1. The minimum atomic E-state index is -4.79. The van der Waals surface area contributed by atoms with Crippen LogP contribution in [0.5, 0.6) is 5.75 Å². The molecule has 2 rings (SSSR count). The van der Waals surface area contributed by atoms with Gasteiger partial charge in [0.15, 0.2) is 0 Å². The molecule has 1 aromatic rings. The van der Waals surface area contributed by atoms with E-state index in [0.29, 0.717) is 25.0 Å². The van der Waals surface area contributed by atoms with Crippen LogP contribution in [-0.2, 0) is 11.2 Å². The van der Waals surface area contributed by atoms with Crippen molar-refractivity contribution >= 4 is 5.91 Å². The lowest BCUT2D eigenvalue weighted by atomic mass is 10.0. The summed E-state index contributed by atoms with van der Waals surface area (Å²) in [7, 11) is 1.55. The van der Waals surface area contributed by atoms with Crippen LogP contribution < -0.4 is 4.74 Å². The molecular weight excluding hydrogens is 271 g/mol. The summed E-state index contributed by atoms with van der Waals surface area (Å²) in [6.07, 6.45) is -3.13. The predicted molar refractivity (Wildman–Crippen MR) is 67.5 cm³/mol.